The first-order valence-electron chi connectivity index (χ1n) is 12.7. The molecule has 40 heavy (non-hydrogen) atoms. The van der Waals surface area contributed by atoms with Crippen LogP contribution < -0.4 is 33.2 Å². The molecule has 15 heteroatoms. The van der Waals surface area contributed by atoms with E-state index in [-0.39, 0.29) is 37.9 Å². The monoisotopic (exact) mass is 566 g/mol. The third-order valence-corrected chi connectivity index (χ3v) is 5.89. The fraction of sp³-hybridized carbons (Fsp3) is 0.520. The molecule has 0 aliphatic carbocycles. The van der Waals surface area contributed by atoms with Gasteiger partial charge in [0.15, 0.2) is 0 Å². The summed E-state index contributed by atoms with van der Waals surface area (Å²) in [6, 6.07) is 0.393. The van der Waals surface area contributed by atoms with E-state index in [4.69, 9.17) is 22.3 Å². The molecule has 1 rings (SSSR count). The van der Waals surface area contributed by atoms with E-state index in [1.165, 1.54) is 24.3 Å². The van der Waals surface area contributed by atoms with Crippen LogP contribution in [0, 0.1) is 0 Å². The number of aromatic hydroxyl groups is 1. The predicted octanol–water partition coefficient (Wildman–Crippen LogP) is -1.94. The van der Waals surface area contributed by atoms with Crippen LogP contribution >= 0.6 is 0 Å². The van der Waals surface area contributed by atoms with Crippen molar-refractivity contribution in [2.45, 2.75) is 75.5 Å². The minimum Gasteiger partial charge on any atom is -0.508 e. The van der Waals surface area contributed by atoms with Gasteiger partial charge in [-0.25, -0.2) is 4.79 Å². The zero-order valence-electron chi connectivity index (χ0n) is 22.0. The van der Waals surface area contributed by atoms with Crippen LogP contribution in [0.2, 0.25) is 0 Å². The number of hydrogen-bond acceptors (Lipinski definition) is 9. The molecule has 0 aliphatic heterocycles. The standard InChI is InChI=1S/C25H38N6O9/c26-12-2-1-3-16(27)22(36)29-18(9-11-21(34)35)23(37)30-17(8-10-20(28)33)24(38)31-19(25(39)40)13-14-4-6-15(32)7-5-14/h4-7,16-19,32H,1-3,8-13,26-27H2,(H2,28,33)(H,29,36)(H,30,37)(H,31,38)(H,34,35)(H,39,40). The third kappa shape index (κ3) is 13.0. The van der Waals surface area contributed by atoms with E-state index >= 15 is 0 Å². The van der Waals surface area contributed by atoms with Gasteiger partial charge in [0.2, 0.25) is 23.6 Å². The Morgan fingerprint density at radius 1 is 0.750 bits per heavy atom. The lowest BCUT2D eigenvalue weighted by Gasteiger charge is -2.25. The molecular weight excluding hydrogens is 528 g/mol. The Labute approximate surface area is 230 Å². The van der Waals surface area contributed by atoms with Crippen molar-refractivity contribution in [3.8, 4) is 5.75 Å². The molecule has 0 saturated carbocycles. The average molecular weight is 567 g/mol. The number of amides is 4. The molecule has 1 aromatic carbocycles. The van der Waals surface area contributed by atoms with Crippen molar-refractivity contribution >= 4 is 35.6 Å². The predicted molar refractivity (Wildman–Crippen MR) is 141 cm³/mol. The van der Waals surface area contributed by atoms with Crippen LogP contribution in [0.4, 0.5) is 0 Å². The number of phenols is 1. The van der Waals surface area contributed by atoms with Gasteiger partial charge in [0.05, 0.1) is 6.04 Å². The summed E-state index contributed by atoms with van der Waals surface area (Å²) in [4.78, 5) is 72.9. The number of carbonyl (C=O) groups excluding carboxylic acids is 4. The maximum absolute atomic E-state index is 13.1. The van der Waals surface area contributed by atoms with Gasteiger partial charge in [0.1, 0.15) is 23.9 Å². The number of rotatable bonds is 19. The average Bonchev–Trinajstić information content (AvgIpc) is 2.89. The highest BCUT2D eigenvalue weighted by atomic mass is 16.4. The summed E-state index contributed by atoms with van der Waals surface area (Å²) < 4.78 is 0. The second-order valence-corrected chi connectivity index (χ2v) is 9.22. The quantitative estimate of drug-likeness (QED) is 0.0830. The molecule has 0 spiro atoms. The topological polar surface area (TPSA) is 277 Å². The summed E-state index contributed by atoms with van der Waals surface area (Å²) in [6.45, 7) is 0.407. The van der Waals surface area contributed by atoms with Gasteiger partial charge in [-0.1, -0.05) is 18.6 Å². The Balaban J connectivity index is 3.04. The van der Waals surface area contributed by atoms with Crippen LogP contribution in [0.3, 0.4) is 0 Å². The highest BCUT2D eigenvalue weighted by molar-refractivity contribution is 5.94. The fourth-order valence-corrected chi connectivity index (χ4v) is 3.62. The van der Waals surface area contributed by atoms with E-state index in [0.29, 0.717) is 24.9 Å². The van der Waals surface area contributed by atoms with Crippen LogP contribution in [0.15, 0.2) is 24.3 Å². The Hall–Kier alpha value is -4.24. The summed E-state index contributed by atoms with van der Waals surface area (Å²) in [5, 5.41) is 35.2. The van der Waals surface area contributed by atoms with Crippen LogP contribution in [0.5, 0.6) is 5.75 Å². The molecule has 12 N–H and O–H groups in total. The number of primary amides is 1. The minimum absolute atomic E-state index is 0.0325. The smallest absolute Gasteiger partial charge is 0.326 e. The molecule has 4 amide bonds. The summed E-state index contributed by atoms with van der Waals surface area (Å²) in [7, 11) is 0. The van der Waals surface area contributed by atoms with Gasteiger partial charge in [0, 0.05) is 19.3 Å². The highest BCUT2D eigenvalue weighted by Crippen LogP contribution is 2.12. The molecule has 0 saturated heterocycles. The van der Waals surface area contributed by atoms with E-state index in [1.807, 2.05) is 0 Å². The number of carboxylic acid groups (broad SMARTS) is 2. The van der Waals surface area contributed by atoms with Gasteiger partial charge < -0.3 is 48.5 Å². The van der Waals surface area contributed by atoms with Crippen LogP contribution in [-0.4, -0.2) is 81.6 Å². The molecule has 222 valence electrons. The lowest BCUT2D eigenvalue weighted by atomic mass is 10.0. The summed E-state index contributed by atoms with van der Waals surface area (Å²) in [5.41, 5.74) is 17.0. The molecule has 0 radical (unpaired) electrons. The number of hydrogen-bond donors (Lipinski definition) is 9. The summed E-state index contributed by atoms with van der Waals surface area (Å²) in [6.07, 6.45) is -0.151. The van der Waals surface area contributed by atoms with E-state index < -0.39 is 66.2 Å². The van der Waals surface area contributed by atoms with Crippen molar-refractivity contribution in [1.82, 2.24) is 16.0 Å². The second-order valence-electron chi connectivity index (χ2n) is 9.22. The number of nitrogens with two attached hydrogens (primary N) is 3. The molecule has 0 aromatic heterocycles. The number of carbonyl (C=O) groups is 6. The van der Waals surface area contributed by atoms with E-state index in [0.717, 1.165) is 0 Å². The first kappa shape index (κ1) is 33.8. The third-order valence-electron chi connectivity index (χ3n) is 5.89. The first-order chi connectivity index (χ1) is 18.8. The Bertz CT molecular complexity index is 1030. The number of aliphatic carboxylic acids is 2. The van der Waals surface area contributed by atoms with Crippen LogP contribution in [0.25, 0.3) is 0 Å². The van der Waals surface area contributed by atoms with Gasteiger partial charge in [-0.05, 0) is 49.9 Å². The molecule has 0 aliphatic rings. The Kier molecular flexibility index (Phi) is 14.7. The molecular formula is C25H38N6O9. The SMILES string of the molecule is NCCCCC(N)C(=O)NC(CCC(=O)O)C(=O)NC(CCC(N)=O)C(=O)NC(Cc1ccc(O)cc1)C(=O)O. The maximum atomic E-state index is 13.1. The number of unbranched alkanes of at least 4 members (excludes halogenated alkanes) is 1. The zero-order valence-corrected chi connectivity index (χ0v) is 22.0. The van der Waals surface area contributed by atoms with Crippen molar-refractivity contribution in [2.75, 3.05) is 6.54 Å². The molecule has 0 heterocycles. The van der Waals surface area contributed by atoms with Crippen LogP contribution in [-0.2, 0) is 35.2 Å². The molecule has 4 atom stereocenters. The van der Waals surface area contributed by atoms with Gasteiger partial charge in [0.25, 0.3) is 0 Å². The summed E-state index contributed by atoms with van der Waals surface area (Å²) >= 11 is 0. The Morgan fingerprint density at radius 2 is 1.27 bits per heavy atom. The lowest BCUT2D eigenvalue weighted by Crippen LogP contribution is -2.57. The van der Waals surface area contributed by atoms with Gasteiger partial charge >= 0.3 is 11.9 Å². The highest BCUT2D eigenvalue weighted by Gasteiger charge is 2.31. The second kappa shape index (κ2) is 17.4. The largest absolute Gasteiger partial charge is 0.508 e. The van der Waals surface area contributed by atoms with Crippen molar-refractivity contribution in [3.63, 3.8) is 0 Å². The van der Waals surface area contributed by atoms with Crippen molar-refractivity contribution in [1.29, 1.82) is 0 Å². The number of carboxylic acids is 2. The van der Waals surface area contributed by atoms with Gasteiger partial charge in [-0.2, -0.15) is 0 Å². The van der Waals surface area contributed by atoms with E-state index in [2.05, 4.69) is 16.0 Å². The van der Waals surface area contributed by atoms with Crippen molar-refractivity contribution < 1.29 is 44.1 Å². The Morgan fingerprint density at radius 3 is 1.77 bits per heavy atom. The van der Waals surface area contributed by atoms with Crippen LogP contribution in [0.1, 0.15) is 50.5 Å². The molecule has 4 unspecified atom stereocenters. The van der Waals surface area contributed by atoms with Crippen molar-refractivity contribution in [2.24, 2.45) is 17.2 Å². The number of nitrogens with one attached hydrogen (secondary N) is 3. The minimum atomic E-state index is -1.44. The van der Waals surface area contributed by atoms with E-state index in [9.17, 15) is 39.0 Å². The molecule has 15 nitrogen and oxygen atoms in total. The first-order valence-corrected chi connectivity index (χ1v) is 12.7. The van der Waals surface area contributed by atoms with E-state index in [1.54, 1.807) is 0 Å². The summed E-state index contributed by atoms with van der Waals surface area (Å²) in [5.74, 6) is -6.01. The number of benzene rings is 1. The van der Waals surface area contributed by atoms with Gasteiger partial charge in [-0.15, -0.1) is 0 Å². The number of phenolic OH excluding ortho intramolecular Hbond substituents is 1. The van der Waals surface area contributed by atoms with Gasteiger partial charge in [-0.3, -0.25) is 24.0 Å². The molecule has 0 fully saturated rings. The van der Waals surface area contributed by atoms with Crippen molar-refractivity contribution in [3.05, 3.63) is 29.8 Å². The molecule has 1 aromatic rings. The molecule has 0 bridgehead atoms. The lowest BCUT2D eigenvalue weighted by molar-refractivity contribution is -0.142. The normalized spacial score (nSPS) is 13.8. The maximum Gasteiger partial charge on any atom is 0.326 e. The zero-order chi connectivity index (χ0) is 30.2. The fourth-order valence-electron chi connectivity index (χ4n) is 3.62.